The van der Waals surface area contributed by atoms with Gasteiger partial charge in [-0.2, -0.15) is 0 Å². The van der Waals surface area contributed by atoms with Crippen LogP contribution in [0, 0.1) is 0 Å². The van der Waals surface area contributed by atoms with Crippen LogP contribution in [0.15, 0.2) is 18.2 Å². The molecule has 0 unspecified atom stereocenters. The van der Waals surface area contributed by atoms with Crippen molar-refractivity contribution in [1.82, 2.24) is 9.80 Å². The zero-order valence-electron chi connectivity index (χ0n) is 16.5. The highest BCUT2D eigenvalue weighted by Crippen LogP contribution is 2.29. The van der Waals surface area contributed by atoms with Crippen LogP contribution in [-0.2, 0) is 4.74 Å². The lowest BCUT2D eigenvalue weighted by Gasteiger charge is -2.36. The van der Waals surface area contributed by atoms with Crippen molar-refractivity contribution < 1.29 is 14.3 Å². The summed E-state index contributed by atoms with van der Waals surface area (Å²) in [5.74, 6) is 0.689. The Hall–Kier alpha value is -1.30. The number of nitrogens with zero attached hydrogens (tertiary/aromatic N) is 2. The molecular formula is C21H31ClN2O3. The molecule has 0 aromatic heterocycles. The molecule has 2 fully saturated rings. The second kappa shape index (κ2) is 9.76. The van der Waals surface area contributed by atoms with E-state index < -0.39 is 0 Å². The fourth-order valence-electron chi connectivity index (χ4n) is 4.00. The number of carbonyl (C=O) groups excluding carboxylic acids is 1. The molecule has 0 saturated carbocycles. The van der Waals surface area contributed by atoms with E-state index in [1.165, 1.54) is 6.42 Å². The number of likely N-dealkylation sites (tertiary alicyclic amines) is 2. The molecule has 1 atom stereocenters. The summed E-state index contributed by atoms with van der Waals surface area (Å²) in [6.07, 6.45) is 5.35. The van der Waals surface area contributed by atoms with Gasteiger partial charge in [0, 0.05) is 44.4 Å². The minimum absolute atomic E-state index is 0.0625. The third-order valence-electron chi connectivity index (χ3n) is 5.62. The van der Waals surface area contributed by atoms with Gasteiger partial charge in [0.2, 0.25) is 0 Å². The number of ether oxygens (including phenoxy) is 2. The number of carbonyl (C=O) groups is 1. The second-order valence-corrected chi connectivity index (χ2v) is 8.09. The van der Waals surface area contributed by atoms with Crippen LogP contribution in [0.2, 0.25) is 5.02 Å². The minimum Gasteiger partial charge on any atom is -0.489 e. The van der Waals surface area contributed by atoms with Crippen LogP contribution in [-0.4, -0.2) is 67.7 Å². The molecule has 0 aliphatic carbocycles. The van der Waals surface area contributed by atoms with Gasteiger partial charge >= 0.3 is 0 Å². The molecule has 2 aliphatic rings. The van der Waals surface area contributed by atoms with Gasteiger partial charge in [-0.3, -0.25) is 9.69 Å². The Bertz CT molecular complexity index is 626. The topological polar surface area (TPSA) is 42.0 Å². The van der Waals surface area contributed by atoms with Crippen LogP contribution in [0.25, 0.3) is 0 Å². The first kappa shape index (κ1) is 20.4. The van der Waals surface area contributed by atoms with Crippen LogP contribution in [0.3, 0.4) is 0 Å². The van der Waals surface area contributed by atoms with E-state index in [0.717, 1.165) is 58.5 Å². The lowest BCUT2D eigenvalue weighted by molar-refractivity contribution is 0.0465. The maximum Gasteiger partial charge on any atom is 0.257 e. The van der Waals surface area contributed by atoms with Crippen LogP contribution in [0.5, 0.6) is 5.75 Å². The third-order valence-corrected chi connectivity index (χ3v) is 5.85. The molecule has 0 bridgehead atoms. The first-order chi connectivity index (χ1) is 13.1. The highest BCUT2D eigenvalue weighted by molar-refractivity contribution is 6.30. The molecule has 1 amide bonds. The van der Waals surface area contributed by atoms with E-state index in [0.29, 0.717) is 22.4 Å². The van der Waals surface area contributed by atoms with Crippen molar-refractivity contribution in [2.45, 2.75) is 51.2 Å². The Morgan fingerprint density at radius 3 is 2.56 bits per heavy atom. The fraction of sp³-hybridized carbons (Fsp3) is 0.667. The second-order valence-electron chi connectivity index (χ2n) is 7.65. The van der Waals surface area contributed by atoms with Gasteiger partial charge in [-0.05, 0) is 57.2 Å². The van der Waals surface area contributed by atoms with E-state index in [1.54, 1.807) is 19.2 Å². The van der Waals surface area contributed by atoms with E-state index in [2.05, 4.69) is 11.8 Å². The molecule has 3 rings (SSSR count). The molecule has 2 heterocycles. The van der Waals surface area contributed by atoms with E-state index in [4.69, 9.17) is 21.1 Å². The van der Waals surface area contributed by atoms with Crippen molar-refractivity contribution in [2.24, 2.45) is 0 Å². The van der Waals surface area contributed by atoms with Gasteiger partial charge in [0.25, 0.3) is 5.91 Å². The Balaban J connectivity index is 1.64. The first-order valence-corrected chi connectivity index (χ1v) is 10.4. The molecule has 0 spiro atoms. The van der Waals surface area contributed by atoms with E-state index in [-0.39, 0.29) is 12.0 Å². The SMILES string of the molecule is COC[C@H](C)N1CCC(Oc2cc(Cl)ccc2C(=O)N2CCCCC2)CC1. The van der Waals surface area contributed by atoms with Crippen molar-refractivity contribution in [3.05, 3.63) is 28.8 Å². The van der Waals surface area contributed by atoms with Crippen molar-refractivity contribution in [3.8, 4) is 5.75 Å². The van der Waals surface area contributed by atoms with Crippen LogP contribution < -0.4 is 4.74 Å². The first-order valence-electron chi connectivity index (χ1n) is 10.1. The Morgan fingerprint density at radius 2 is 1.89 bits per heavy atom. The largest absolute Gasteiger partial charge is 0.489 e. The van der Waals surface area contributed by atoms with Gasteiger partial charge in [0.15, 0.2) is 0 Å². The number of amides is 1. The van der Waals surface area contributed by atoms with Gasteiger partial charge in [-0.15, -0.1) is 0 Å². The average Bonchev–Trinajstić information content (AvgIpc) is 2.69. The lowest BCUT2D eigenvalue weighted by Crippen LogP contribution is -2.44. The molecule has 6 heteroatoms. The Morgan fingerprint density at radius 1 is 1.19 bits per heavy atom. The number of methoxy groups -OCH3 is 1. The van der Waals surface area contributed by atoms with Crippen molar-refractivity contribution in [1.29, 1.82) is 0 Å². The van der Waals surface area contributed by atoms with Crippen molar-refractivity contribution in [3.63, 3.8) is 0 Å². The summed E-state index contributed by atoms with van der Waals surface area (Å²) in [6.45, 7) is 6.55. The van der Waals surface area contributed by atoms with Crippen LogP contribution >= 0.6 is 11.6 Å². The number of rotatable bonds is 6. The van der Waals surface area contributed by atoms with Crippen molar-refractivity contribution in [2.75, 3.05) is 39.9 Å². The zero-order chi connectivity index (χ0) is 19.2. The normalized spacial score (nSPS) is 20.5. The molecule has 0 radical (unpaired) electrons. The summed E-state index contributed by atoms with van der Waals surface area (Å²) in [7, 11) is 1.74. The van der Waals surface area contributed by atoms with Crippen LogP contribution in [0.1, 0.15) is 49.4 Å². The zero-order valence-corrected chi connectivity index (χ0v) is 17.2. The molecule has 1 aromatic rings. The van der Waals surface area contributed by atoms with E-state index in [1.807, 2.05) is 11.0 Å². The smallest absolute Gasteiger partial charge is 0.257 e. The minimum atomic E-state index is 0.0625. The average molecular weight is 395 g/mol. The number of hydrogen-bond acceptors (Lipinski definition) is 4. The molecule has 150 valence electrons. The molecule has 2 aliphatic heterocycles. The molecule has 5 nitrogen and oxygen atoms in total. The number of benzene rings is 1. The van der Waals surface area contributed by atoms with Crippen LogP contribution in [0.4, 0.5) is 0 Å². The maximum atomic E-state index is 13.0. The summed E-state index contributed by atoms with van der Waals surface area (Å²) in [4.78, 5) is 17.3. The molecule has 27 heavy (non-hydrogen) atoms. The molecular weight excluding hydrogens is 364 g/mol. The fourth-order valence-corrected chi connectivity index (χ4v) is 4.16. The molecule has 1 aromatic carbocycles. The highest BCUT2D eigenvalue weighted by atomic mass is 35.5. The monoisotopic (exact) mass is 394 g/mol. The highest BCUT2D eigenvalue weighted by Gasteiger charge is 2.26. The standard InChI is InChI=1S/C21H31ClN2O3/c1-16(15-26-2)23-12-8-18(9-13-23)27-20-14-17(22)6-7-19(20)21(25)24-10-4-3-5-11-24/h6-7,14,16,18H,3-5,8-13,15H2,1-2H3/t16-/m0/s1. The quantitative estimate of drug-likeness (QED) is 0.735. The predicted molar refractivity (Wildman–Crippen MR) is 108 cm³/mol. The summed E-state index contributed by atoms with van der Waals surface area (Å²) in [6, 6.07) is 5.79. The number of piperidine rings is 2. The summed E-state index contributed by atoms with van der Waals surface area (Å²) >= 11 is 6.20. The number of halogens is 1. The van der Waals surface area contributed by atoms with E-state index in [9.17, 15) is 4.79 Å². The lowest BCUT2D eigenvalue weighted by atomic mass is 10.1. The maximum absolute atomic E-state index is 13.0. The predicted octanol–water partition coefficient (Wildman–Crippen LogP) is 3.84. The molecule has 0 N–H and O–H groups in total. The van der Waals surface area contributed by atoms with Gasteiger partial charge in [-0.1, -0.05) is 11.6 Å². The van der Waals surface area contributed by atoms with Gasteiger partial charge < -0.3 is 14.4 Å². The summed E-state index contributed by atoms with van der Waals surface area (Å²) in [5, 5.41) is 0.603. The number of hydrogen-bond donors (Lipinski definition) is 0. The summed E-state index contributed by atoms with van der Waals surface area (Å²) < 4.78 is 11.5. The van der Waals surface area contributed by atoms with Gasteiger partial charge in [0.1, 0.15) is 11.9 Å². The third kappa shape index (κ3) is 5.37. The molecule has 2 saturated heterocycles. The Kier molecular flexibility index (Phi) is 7.39. The van der Waals surface area contributed by atoms with Gasteiger partial charge in [-0.25, -0.2) is 0 Å². The Labute approximate surface area is 167 Å². The summed E-state index contributed by atoms with van der Waals surface area (Å²) in [5.41, 5.74) is 0.636. The van der Waals surface area contributed by atoms with Gasteiger partial charge in [0.05, 0.1) is 12.2 Å². The van der Waals surface area contributed by atoms with Crippen molar-refractivity contribution >= 4 is 17.5 Å². The van der Waals surface area contributed by atoms with E-state index >= 15 is 0 Å².